The molecule has 1 aromatic carbocycles. The van der Waals surface area contributed by atoms with E-state index in [1.54, 1.807) is 12.1 Å². The maximum atomic E-state index is 13.7. The molecule has 90 valence electrons. The summed E-state index contributed by atoms with van der Waals surface area (Å²) in [6.45, 7) is 0.608. The molecule has 2 nitrogen and oxygen atoms in total. The molecule has 1 unspecified atom stereocenters. The lowest BCUT2D eigenvalue weighted by Gasteiger charge is -2.25. The number of benzene rings is 1. The minimum atomic E-state index is -0.247. The molecule has 4 heteroatoms. The van der Waals surface area contributed by atoms with Gasteiger partial charge in [0.2, 0.25) is 0 Å². The Morgan fingerprint density at radius 2 is 2.12 bits per heavy atom. The molecule has 0 saturated carbocycles. The molecule has 0 fully saturated rings. The summed E-state index contributed by atoms with van der Waals surface area (Å²) in [7, 11) is 3.84. The smallest absolute Gasteiger partial charge is 0.129 e. The number of hydrogen-bond acceptors (Lipinski definition) is 2. The Morgan fingerprint density at radius 3 is 2.62 bits per heavy atom. The first-order valence-electron chi connectivity index (χ1n) is 5.38. The highest BCUT2D eigenvalue weighted by atomic mass is 35.5. The van der Waals surface area contributed by atoms with Gasteiger partial charge >= 0.3 is 0 Å². The van der Waals surface area contributed by atoms with Crippen molar-refractivity contribution in [2.45, 2.75) is 18.9 Å². The second-order valence-electron chi connectivity index (χ2n) is 4.05. The van der Waals surface area contributed by atoms with E-state index in [0.29, 0.717) is 17.1 Å². The van der Waals surface area contributed by atoms with Crippen LogP contribution in [0.2, 0.25) is 5.02 Å². The molecule has 0 heterocycles. The van der Waals surface area contributed by atoms with Crippen molar-refractivity contribution < 1.29 is 4.39 Å². The number of nitrogens with two attached hydrogens (primary N) is 1. The van der Waals surface area contributed by atoms with Crippen molar-refractivity contribution in [1.82, 2.24) is 4.90 Å². The molecule has 0 aromatic heterocycles. The summed E-state index contributed by atoms with van der Waals surface area (Å²) >= 11 is 6.05. The average molecular weight is 245 g/mol. The Kier molecular flexibility index (Phi) is 5.19. The van der Waals surface area contributed by atoms with Crippen LogP contribution in [-0.4, -0.2) is 25.5 Å². The SMILES string of the molecule is CN(C)C(CCCN)c1c(F)cccc1Cl. The van der Waals surface area contributed by atoms with Crippen molar-refractivity contribution in [2.24, 2.45) is 5.73 Å². The first-order valence-corrected chi connectivity index (χ1v) is 5.76. The van der Waals surface area contributed by atoms with E-state index < -0.39 is 0 Å². The van der Waals surface area contributed by atoms with Gasteiger partial charge in [0.1, 0.15) is 5.82 Å². The highest BCUT2D eigenvalue weighted by Crippen LogP contribution is 2.31. The van der Waals surface area contributed by atoms with Gasteiger partial charge in [-0.1, -0.05) is 17.7 Å². The molecule has 0 saturated heterocycles. The van der Waals surface area contributed by atoms with Crippen molar-refractivity contribution in [2.75, 3.05) is 20.6 Å². The van der Waals surface area contributed by atoms with Crippen LogP contribution in [-0.2, 0) is 0 Å². The Balaban J connectivity index is 3.00. The van der Waals surface area contributed by atoms with Crippen LogP contribution in [0.15, 0.2) is 18.2 Å². The summed E-state index contributed by atoms with van der Waals surface area (Å²) in [5.74, 6) is -0.247. The average Bonchev–Trinajstić information content (AvgIpc) is 2.21. The first kappa shape index (κ1) is 13.4. The fourth-order valence-corrected chi connectivity index (χ4v) is 2.09. The van der Waals surface area contributed by atoms with Crippen molar-refractivity contribution >= 4 is 11.6 Å². The Bertz CT molecular complexity index is 322. The minimum absolute atomic E-state index is 0.0164. The van der Waals surface area contributed by atoms with Crippen molar-refractivity contribution in [1.29, 1.82) is 0 Å². The van der Waals surface area contributed by atoms with Gasteiger partial charge in [-0.05, 0) is 45.6 Å². The fraction of sp³-hybridized carbons (Fsp3) is 0.500. The molecular formula is C12H18ClFN2. The van der Waals surface area contributed by atoms with Gasteiger partial charge in [0.15, 0.2) is 0 Å². The number of rotatable bonds is 5. The van der Waals surface area contributed by atoms with E-state index in [1.807, 2.05) is 19.0 Å². The second kappa shape index (κ2) is 6.18. The van der Waals surface area contributed by atoms with Crippen LogP contribution in [0.5, 0.6) is 0 Å². The normalized spacial score (nSPS) is 13.1. The summed E-state index contributed by atoms with van der Waals surface area (Å²) < 4.78 is 13.7. The molecule has 0 aliphatic heterocycles. The van der Waals surface area contributed by atoms with Crippen LogP contribution in [0.1, 0.15) is 24.4 Å². The molecular weight excluding hydrogens is 227 g/mol. The maximum Gasteiger partial charge on any atom is 0.129 e. The summed E-state index contributed by atoms with van der Waals surface area (Å²) in [6.07, 6.45) is 1.66. The van der Waals surface area contributed by atoms with Crippen molar-refractivity contribution in [3.63, 3.8) is 0 Å². The second-order valence-corrected chi connectivity index (χ2v) is 4.45. The molecule has 1 atom stereocenters. The molecule has 0 amide bonds. The van der Waals surface area contributed by atoms with Gasteiger partial charge in [-0.2, -0.15) is 0 Å². The van der Waals surface area contributed by atoms with E-state index >= 15 is 0 Å². The summed E-state index contributed by atoms with van der Waals surface area (Å²) in [6, 6.07) is 4.77. The number of hydrogen-bond donors (Lipinski definition) is 1. The minimum Gasteiger partial charge on any atom is -0.330 e. The lowest BCUT2D eigenvalue weighted by Crippen LogP contribution is -2.22. The van der Waals surface area contributed by atoms with E-state index in [9.17, 15) is 4.39 Å². The van der Waals surface area contributed by atoms with E-state index in [-0.39, 0.29) is 11.9 Å². The lowest BCUT2D eigenvalue weighted by atomic mass is 10.0. The van der Waals surface area contributed by atoms with Crippen LogP contribution in [0, 0.1) is 5.82 Å². The predicted molar refractivity (Wildman–Crippen MR) is 66.1 cm³/mol. The molecule has 16 heavy (non-hydrogen) atoms. The lowest BCUT2D eigenvalue weighted by molar-refractivity contribution is 0.273. The van der Waals surface area contributed by atoms with Crippen molar-refractivity contribution in [3.8, 4) is 0 Å². The quantitative estimate of drug-likeness (QED) is 0.863. The standard InChI is InChI=1S/C12H18ClFN2/c1-16(2)11(7-4-8-15)12-9(13)5-3-6-10(12)14/h3,5-6,11H,4,7-8,15H2,1-2H3. The Morgan fingerprint density at radius 1 is 1.44 bits per heavy atom. The molecule has 2 N–H and O–H groups in total. The van der Waals surface area contributed by atoms with Crippen LogP contribution in [0.4, 0.5) is 4.39 Å². The maximum absolute atomic E-state index is 13.7. The highest BCUT2D eigenvalue weighted by molar-refractivity contribution is 6.31. The van der Waals surface area contributed by atoms with Crippen molar-refractivity contribution in [3.05, 3.63) is 34.6 Å². The van der Waals surface area contributed by atoms with E-state index in [1.165, 1.54) is 6.07 Å². The molecule has 1 aromatic rings. The van der Waals surface area contributed by atoms with Gasteiger partial charge in [0, 0.05) is 16.6 Å². The third kappa shape index (κ3) is 3.17. The number of halogens is 2. The predicted octanol–water partition coefficient (Wildman–Crippen LogP) is 2.82. The zero-order valence-corrected chi connectivity index (χ0v) is 10.5. The topological polar surface area (TPSA) is 29.3 Å². The molecule has 0 aliphatic rings. The monoisotopic (exact) mass is 244 g/mol. The first-order chi connectivity index (χ1) is 7.57. The van der Waals surface area contributed by atoms with Gasteiger partial charge in [0.05, 0.1) is 0 Å². The zero-order valence-electron chi connectivity index (χ0n) is 9.71. The third-order valence-corrected chi connectivity index (χ3v) is 2.97. The van der Waals surface area contributed by atoms with Gasteiger partial charge in [0.25, 0.3) is 0 Å². The van der Waals surface area contributed by atoms with Gasteiger partial charge in [-0.25, -0.2) is 4.39 Å². The Hall–Kier alpha value is -0.640. The summed E-state index contributed by atoms with van der Waals surface area (Å²) in [5.41, 5.74) is 6.06. The fourth-order valence-electron chi connectivity index (χ4n) is 1.80. The molecule has 0 spiro atoms. The zero-order chi connectivity index (χ0) is 12.1. The van der Waals surface area contributed by atoms with Gasteiger partial charge in [-0.3, -0.25) is 0 Å². The molecule has 0 bridgehead atoms. The van der Waals surface area contributed by atoms with E-state index in [0.717, 1.165) is 12.8 Å². The number of nitrogens with zero attached hydrogens (tertiary/aromatic N) is 1. The van der Waals surface area contributed by atoms with Crippen LogP contribution in [0.3, 0.4) is 0 Å². The molecule has 0 radical (unpaired) electrons. The summed E-state index contributed by atoms with van der Waals surface area (Å²) in [5, 5.41) is 0.482. The Labute approximate surface area is 101 Å². The molecule has 1 rings (SSSR count). The summed E-state index contributed by atoms with van der Waals surface area (Å²) in [4.78, 5) is 1.97. The van der Waals surface area contributed by atoms with E-state index in [4.69, 9.17) is 17.3 Å². The van der Waals surface area contributed by atoms with Gasteiger partial charge in [-0.15, -0.1) is 0 Å². The van der Waals surface area contributed by atoms with Crippen LogP contribution in [0.25, 0.3) is 0 Å². The highest BCUT2D eigenvalue weighted by Gasteiger charge is 2.20. The molecule has 0 aliphatic carbocycles. The van der Waals surface area contributed by atoms with Crippen LogP contribution < -0.4 is 5.73 Å². The van der Waals surface area contributed by atoms with Crippen LogP contribution >= 0.6 is 11.6 Å². The van der Waals surface area contributed by atoms with Gasteiger partial charge < -0.3 is 10.6 Å². The largest absolute Gasteiger partial charge is 0.330 e. The van der Waals surface area contributed by atoms with E-state index in [2.05, 4.69) is 0 Å². The third-order valence-electron chi connectivity index (χ3n) is 2.64.